The molecule has 28 heavy (non-hydrogen) atoms. The molecule has 2 amide bonds. The van der Waals surface area contributed by atoms with Crippen molar-refractivity contribution in [1.29, 1.82) is 0 Å². The fourth-order valence-corrected chi connectivity index (χ4v) is 4.10. The number of aliphatic imine (C=N–C) groups is 1. The van der Waals surface area contributed by atoms with Crippen LogP contribution >= 0.6 is 23.4 Å². The van der Waals surface area contributed by atoms with Crippen LogP contribution in [0, 0.1) is 6.92 Å². The fourth-order valence-electron chi connectivity index (χ4n) is 2.74. The maximum Gasteiger partial charge on any atom is 0.242 e. The number of benzene rings is 2. The molecule has 1 heterocycles. The lowest BCUT2D eigenvalue weighted by atomic mass is 10.2. The first-order chi connectivity index (χ1) is 13.5. The summed E-state index contributed by atoms with van der Waals surface area (Å²) in [5.41, 5.74) is 2.22. The average molecular weight is 418 g/mol. The summed E-state index contributed by atoms with van der Waals surface area (Å²) >= 11 is 7.22. The van der Waals surface area contributed by atoms with Crippen LogP contribution in [0.1, 0.15) is 12.0 Å². The third kappa shape index (κ3) is 4.92. The number of nitrogens with one attached hydrogen (secondary N) is 1. The third-order valence-corrected chi connectivity index (χ3v) is 5.58. The van der Waals surface area contributed by atoms with Crippen molar-refractivity contribution in [2.45, 2.75) is 18.6 Å². The molecule has 0 spiro atoms. The number of hydrogen-bond acceptors (Lipinski definition) is 5. The number of β-amino-alcohol motifs (C(OH)–C–C–N with tert-alkyl or cyclic N) is 1. The first-order valence-corrected chi connectivity index (χ1v) is 10.0. The Morgan fingerprint density at radius 2 is 2.04 bits per heavy atom. The lowest BCUT2D eigenvalue weighted by Crippen LogP contribution is -2.35. The van der Waals surface area contributed by atoms with Gasteiger partial charge in [-0.3, -0.25) is 14.5 Å². The molecule has 0 radical (unpaired) electrons. The van der Waals surface area contributed by atoms with Gasteiger partial charge in [0.25, 0.3) is 0 Å². The minimum absolute atomic E-state index is 0.00515. The van der Waals surface area contributed by atoms with Crippen molar-refractivity contribution < 1.29 is 14.7 Å². The van der Waals surface area contributed by atoms with Crippen LogP contribution < -0.4 is 5.32 Å². The average Bonchev–Trinajstić information content (AvgIpc) is 2.94. The lowest BCUT2D eigenvalue weighted by Gasteiger charge is -2.14. The zero-order valence-corrected chi connectivity index (χ0v) is 16.8. The Kier molecular flexibility index (Phi) is 6.72. The molecule has 2 aromatic carbocycles. The lowest BCUT2D eigenvalue weighted by molar-refractivity contribution is -0.128. The van der Waals surface area contributed by atoms with Crippen molar-refractivity contribution >= 4 is 51.7 Å². The predicted octanol–water partition coefficient (Wildman–Crippen LogP) is 3.60. The Balaban J connectivity index is 1.73. The van der Waals surface area contributed by atoms with Crippen molar-refractivity contribution in [3.05, 3.63) is 59.1 Å². The second-order valence-electron chi connectivity index (χ2n) is 6.26. The second kappa shape index (κ2) is 9.23. The summed E-state index contributed by atoms with van der Waals surface area (Å²) in [7, 11) is 0. The Bertz CT molecular complexity index is 905. The molecule has 146 valence electrons. The molecule has 1 aliphatic heterocycles. The summed E-state index contributed by atoms with van der Waals surface area (Å²) in [6.07, 6.45) is 0.00515. The molecule has 2 aromatic rings. The Hall–Kier alpha value is -2.35. The molecule has 1 atom stereocenters. The number of halogens is 1. The number of para-hydroxylation sites is 1. The van der Waals surface area contributed by atoms with E-state index in [1.54, 1.807) is 12.1 Å². The van der Waals surface area contributed by atoms with Gasteiger partial charge < -0.3 is 10.4 Å². The predicted molar refractivity (Wildman–Crippen MR) is 113 cm³/mol. The zero-order chi connectivity index (χ0) is 20.1. The number of carbonyl (C=O) groups is 2. The summed E-state index contributed by atoms with van der Waals surface area (Å²) in [6.45, 7) is 1.83. The largest absolute Gasteiger partial charge is 0.395 e. The molecule has 1 fully saturated rings. The number of rotatable bonds is 6. The summed E-state index contributed by atoms with van der Waals surface area (Å²) < 4.78 is 0. The number of aryl methyl sites for hydroxylation is 1. The summed E-state index contributed by atoms with van der Waals surface area (Å²) in [5, 5.41) is 12.5. The van der Waals surface area contributed by atoms with Crippen LogP contribution in [0.15, 0.2) is 53.5 Å². The van der Waals surface area contributed by atoms with E-state index < -0.39 is 5.25 Å². The van der Waals surface area contributed by atoms with Crippen molar-refractivity contribution in [3.8, 4) is 0 Å². The highest BCUT2D eigenvalue weighted by atomic mass is 35.5. The molecule has 1 aliphatic rings. The van der Waals surface area contributed by atoms with E-state index in [-0.39, 0.29) is 31.4 Å². The molecule has 1 saturated heterocycles. The standard InChI is InChI=1S/C20H20ClN3O3S/c1-13-7-8-14(21)11-16(13)23-18(26)12-17-19(27)24(9-10-25)20(28-17)22-15-5-3-2-4-6-15/h2-8,11,17,25H,9-10,12H2,1H3,(H,23,26). The summed E-state index contributed by atoms with van der Waals surface area (Å²) in [5.74, 6) is -0.507. The summed E-state index contributed by atoms with van der Waals surface area (Å²) in [6, 6.07) is 14.5. The van der Waals surface area contributed by atoms with Crippen LogP contribution in [0.4, 0.5) is 11.4 Å². The monoisotopic (exact) mass is 417 g/mol. The minimum Gasteiger partial charge on any atom is -0.395 e. The maximum atomic E-state index is 12.7. The topological polar surface area (TPSA) is 82.0 Å². The van der Waals surface area contributed by atoms with Gasteiger partial charge in [-0.05, 0) is 36.8 Å². The molecule has 0 bridgehead atoms. The van der Waals surface area contributed by atoms with Crippen LogP contribution in [-0.4, -0.2) is 45.4 Å². The van der Waals surface area contributed by atoms with Gasteiger partial charge in [0.1, 0.15) is 5.25 Å². The van der Waals surface area contributed by atoms with Gasteiger partial charge in [0.05, 0.1) is 18.8 Å². The van der Waals surface area contributed by atoms with E-state index in [0.717, 1.165) is 5.56 Å². The maximum absolute atomic E-state index is 12.7. The van der Waals surface area contributed by atoms with E-state index in [4.69, 9.17) is 11.6 Å². The van der Waals surface area contributed by atoms with Crippen LogP contribution in [0.25, 0.3) is 0 Å². The molecule has 0 saturated carbocycles. The number of anilines is 1. The number of amides is 2. The van der Waals surface area contributed by atoms with Crippen LogP contribution in [0.5, 0.6) is 0 Å². The van der Waals surface area contributed by atoms with Gasteiger partial charge in [-0.2, -0.15) is 0 Å². The Labute approximate surface area is 172 Å². The fraction of sp³-hybridized carbons (Fsp3) is 0.250. The molecular formula is C20H20ClN3O3S. The number of aliphatic hydroxyl groups excluding tert-OH is 1. The minimum atomic E-state index is -0.589. The molecule has 6 nitrogen and oxygen atoms in total. The molecule has 0 aromatic heterocycles. The van der Waals surface area contributed by atoms with Crippen LogP contribution in [-0.2, 0) is 9.59 Å². The van der Waals surface area contributed by atoms with Gasteiger partial charge in [-0.1, -0.05) is 47.6 Å². The van der Waals surface area contributed by atoms with Crippen LogP contribution in [0.2, 0.25) is 5.02 Å². The first-order valence-electron chi connectivity index (χ1n) is 8.76. The number of nitrogens with zero attached hydrogens (tertiary/aromatic N) is 2. The van der Waals surface area contributed by atoms with Crippen molar-refractivity contribution in [1.82, 2.24) is 4.90 Å². The van der Waals surface area contributed by atoms with E-state index in [9.17, 15) is 14.7 Å². The van der Waals surface area contributed by atoms with Gasteiger partial charge in [-0.25, -0.2) is 4.99 Å². The number of amidine groups is 1. The van der Waals surface area contributed by atoms with Crippen molar-refractivity contribution in [2.24, 2.45) is 4.99 Å². The molecule has 8 heteroatoms. The van der Waals surface area contributed by atoms with Crippen molar-refractivity contribution in [2.75, 3.05) is 18.5 Å². The Morgan fingerprint density at radius 3 is 2.75 bits per heavy atom. The second-order valence-corrected chi connectivity index (χ2v) is 7.87. The van der Waals surface area contributed by atoms with Crippen LogP contribution in [0.3, 0.4) is 0 Å². The number of hydrogen-bond donors (Lipinski definition) is 2. The van der Waals surface area contributed by atoms with E-state index in [1.807, 2.05) is 43.3 Å². The molecule has 1 unspecified atom stereocenters. The van der Waals surface area contributed by atoms with Gasteiger partial charge in [0.2, 0.25) is 11.8 Å². The van der Waals surface area contributed by atoms with Gasteiger partial charge in [0.15, 0.2) is 5.17 Å². The third-order valence-electron chi connectivity index (χ3n) is 4.17. The number of carbonyl (C=O) groups excluding carboxylic acids is 2. The quantitative estimate of drug-likeness (QED) is 0.752. The highest BCUT2D eigenvalue weighted by Crippen LogP contribution is 2.32. The zero-order valence-electron chi connectivity index (χ0n) is 15.3. The summed E-state index contributed by atoms with van der Waals surface area (Å²) in [4.78, 5) is 31.1. The molecule has 2 N–H and O–H groups in total. The Morgan fingerprint density at radius 1 is 1.29 bits per heavy atom. The van der Waals surface area contributed by atoms with Gasteiger partial charge >= 0.3 is 0 Å². The van der Waals surface area contributed by atoms with E-state index in [0.29, 0.717) is 21.6 Å². The molecule has 3 rings (SSSR count). The molecule has 0 aliphatic carbocycles. The SMILES string of the molecule is Cc1ccc(Cl)cc1NC(=O)CC1SC(=Nc2ccccc2)N(CCO)C1=O. The van der Waals surface area contributed by atoms with E-state index >= 15 is 0 Å². The smallest absolute Gasteiger partial charge is 0.242 e. The van der Waals surface area contributed by atoms with Gasteiger partial charge in [0, 0.05) is 17.1 Å². The normalized spacial score (nSPS) is 18.0. The number of thioether (sulfide) groups is 1. The molecular weight excluding hydrogens is 398 g/mol. The highest BCUT2D eigenvalue weighted by molar-refractivity contribution is 8.15. The highest BCUT2D eigenvalue weighted by Gasteiger charge is 2.38. The first kappa shape index (κ1) is 20.4. The van der Waals surface area contributed by atoms with Crippen molar-refractivity contribution in [3.63, 3.8) is 0 Å². The van der Waals surface area contributed by atoms with E-state index in [1.165, 1.54) is 16.7 Å². The van der Waals surface area contributed by atoms with E-state index in [2.05, 4.69) is 10.3 Å². The van der Waals surface area contributed by atoms with Gasteiger partial charge in [-0.15, -0.1) is 0 Å². The number of aliphatic hydroxyl groups is 1.